The smallest absolute Gasteiger partial charge is 0.272 e. The topological polar surface area (TPSA) is 171 Å². The van der Waals surface area contributed by atoms with E-state index >= 15 is 0 Å². The predicted molar refractivity (Wildman–Crippen MR) is 176 cm³/mol. The minimum Gasteiger partial charge on any atom is -0.381 e. The summed E-state index contributed by atoms with van der Waals surface area (Å²) >= 11 is 0. The van der Waals surface area contributed by atoms with E-state index in [2.05, 4.69) is 25.9 Å². The first-order valence-electron chi connectivity index (χ1n) is 17.2. The Balaban J connectivity index is 1.55. The van der Waals surface area contributed by atoms with Crippen LogP contribution in [0, 0.1) is 28.6 Å². The number of fused-ring (bicyclic) bond motifs is 1. The molecule has 12 heteroatoms. The summed E-state index contributed by atoms with van der Waals surface area (Å²) < 4.78 is 0. The number of carbonyl (C=O) groups excluding carboxylic acids is 5. The first-order chi connectivity index (χ1) is 22.0. The quantitative estimate of drug-likeness (QED) is 0.252. The van der Waals surface area contributed by atoms with Crippen molar-refractivity contribution in [3.05, 3.63) is 24.3 Å². The molecule has 4 amide bonds. The van der Waals surface area contributed by atoms with Crippen LogP contribution in [-0.2, 0) is 19.2 Å². The minimum atomic E-state index is -1.39. The van der Waals surface area contributed by atoms with Gasteiger partial charge in [-0.25, -0.2) is 4.98 Å². The second-order valence-corrected chi connectivity index (χ2v) is 15.9. The molecule has 0 bridgehead atoms. The van der Waals surface area contributed by atoms with Gasteiger partial charge in [0.1, 0.15) is 11.7 Å². The number of nitrogens with one attached hydrogen (secondary N) is 3. The zero-order valence-electron chi connectivity index (χ0n) is 29.0. The Labute approximate surface area is 278 Å². The summed E-state index contributed by atoms with van der Waals surface area (Å²) in [6.45, 7) is 13.6. The van der Waals surface area contributed by atoms with Crippen molar-refractivity contribution < 1.29 is 29.1 Å². The Morgan fingerprint density at radius 2 is 1.68 bits per heavy atom. The van der Waals surface area contributed by atoms with Crippen molar-refractivity contribution in [3.63, 3.8) is 0 Å². The lowest BCUT2D eigenvalue weighted by molar-refractivity contribution is -0.148. The molecule has 2 heterocycles. The Bertz CT molecular complexity index is 1300. The molecule has 4 N–H and O–H groups in total. The highest BCUT2D eigenvalue weighted by molar-refractivity contribution is 5.98. The molecule has 1 aliphatic heterocycles. The zero-order valence-corrected chi connectivity index (χ0v) is 29.0. The molecule has 1 unspecified atom stereocenters. The van der Waals surface area contributed by atoms with Gasteiger partial charge >= 0.3 is 0 Å². The Morgan fingerprint density at radius 3 is 2.26 bits per heavy atom. The number of aliphatic hydroxyl groups is 1. The molecule has 2 saturated carbocycles. The van der Waals surface area contributed by atoms with Crippen LogP contribution in [-0.4, -0.2) is 86.2 Å². The average molecular weight is 655 g/mol. The maximum absolute atomic E-state index is 14.5. The average Bonchev–Trinajstić information content (AvgIpc) is 3.57. The largest absolute Gasteiger partial charge is 0.381 e. The molecule has 1 saturated heterocycles. The highest BCUT2D eigenvalue weighted by Gasteiger charge is 2.52. The molecule has 1 aromatic heterocycles. The molecule has 0 spiro atoms. The SMILES string of the molecule is CCC[C@H](NC(=O)[C@@H]1[C@H]2CCC[C@H]2CN1C(=O)[C@@H](CC(=O)[C@@H](NC(=O)c1cnccn1)C(C)(C)C)C(C)(C)C)C(O)C(=O)NC1CC1. The molecule has 12 nitrogen and oxygen atoms in total. The molecule has 2 aliphatic carbocycles. The second-order valence-electron chi connectivity index (χ2n) is 15.9. The zero-order chi connectivity index (χ0) is 34.7. The van der Waals surface area contributed by atoms with Gasteiger partial charge < -0.3 is 26.0 Å². The summed E-state index contributed by atoms with van der Waals surface area (Å²) in [6.07, 6.45) is 8.18. The molecule has 47 heavy (non-hydrogen) atoms. The van der Waals surface area contributed by atoms with E-state index in [1.54, 1.807) is 4.90 Å². The molecule has 0 aromatic carbocycles. The van der Waals surface area contributed by atoms with Crippen molar-refractivity contribution in [1.82, 2.24) is 30.8 Å². The summed E-state index contributed by atoms with van der Waals surface area (Å²) in [4.78, 5) is 78.0. The van der Waals surface area contributed by atoms with E-state index in [1.165, 1.54) is 18.6 Å². The summed E-state index contributed by atoms with van der Waals surface area (Å²) in [6, 6.07) is -2.37. The van der Waals surface area contributed by atoms with Gasteiger partial charge in [-0.15, -0.1) is 0 Å². The monoisotopic (exact) mass is 654 g/mol. The van der Waals surface area contributed by atoms with E-state index in [4.69, 9.17) is 0 Å². The highest BCUT2D eigenvalue weighted by atomic mass is 16.3. The van der Waals surface area contributed by atoms with E-state index in [9.17, 15) is 29.1 Å². The lowest BCUT2D eigenvalue weighted by Crippen LogP contribution is -2.57. The normalized spacial score (nSPS) is 23.7. The van der Waals surface area contributed by atoms with E-state index in [-0.39, 0.29) is 47.6 Å². The Kier molecular flexibility index (Phi) is 11.5. The van der Waals surface area contributed by atoms with Crippen molar-refractivity contribution in [2.45, 2.75) is 130 Å². The number of hydrogen-bond donors (Lipinski definition) is 4. The summed E-state index contributed by atoms with van der Waals surface area (Å²) in [7, 11) is 0. The van der Waals surface area contributed by atoms with Crippen LogP contribution in [0.15, 0.2) is 18.6 Å². The van der Waals surface area contributed by atoms with Gasteiger partial charge in [-0.2, -0.15) is 0 Å². The minimum absolute atomic E-state index is 0.0384. The molecule has 3 fully saturated rings. The van der Waals surface area contributed by atoms with E-state index in [0.717, 1.165) is 32.1 Å². The van der Waals surface area contributed by atoms with Gasteiger partial charge in [0.05, 0.1) is 18.3 Å². The fourth-order valence-electron chi connectivity index (χ4n) is 7.14. The van der Waals surface area contributed by atoms with Crippen LogP contribution < -0.4 is 16.0 Å². The van der Waals surface area contributed by atoms with Gasteiger partial charge in [-0.1, -0.05) is 61.3 Å². The second kappa shape index (κ2) is 14.8. The van der Waals surface area contributed by atoms with Gasteiger partial charge in [0, 0.05) is 37.3 Å². The van der Waals surface area contributed by atoms with Crippen LogP contribution in [0.3, 0.4) is 0 Å². The molecule has 7 atom stereocenters. The number of Topliss-reactive ketones (excluding diaryl/α,β-unsaturated/α-hetero) is 1. The van der Waals surface area contributed by atoms with Crippen LogP contribution in [0.5, 0.6) is 0 Å². The van der Waals surface area contributed by atoms with Crippen molar-refractivity contribution in [2.24, 2.45) is 28.6 Å². The van der Waals surface area contributed by atoms with Crippen LogP contribution >= 0.6 is 0 Å². The van der Waals surface area contributed by atoms with Gasteiger partial charge in [0.2, 0.25) is 11.8 Å². The molecule has 4 rings (SSSR count). The molecule has 3 aliphatic rings. The predicted octanol–water partition coefficient (Wildman–Crippen LogP) is 2.79. The van der Waals surface area contributed by atoms with E-state index in [1.807, 2.05) is 48.5 Å². The molecular formula is C35H54N6O6. The molecular weight excluding hydrogens is 600 g/mol. The van der Waals surface area contributed by atoms with Crippen LogP contribution in [0.25, 0.3) is 0 Å². The maximum Gasteiger partial charge on any atom is 0.272 e. The maximum atomic E-state index is 14.5. The summed E-state index contributed by atoms with van der Waals surface area (Å²) in [5, 5.41) is 19.5. The van der Waals surface area contributed by atoms with E-state index < -0.39 is 52.8 Å². The van der Waals surface area contributed by atoms with Gasteiger partial charge in [0.25, 0.3) is 11.8 Å². The van der Waals surface area contributed by atoms with Gasteiger partial charge in [-0.3, -0.25) is 29.0 Å². The number of likely N-dealkylation sites (tertiary alicyclic amines) is 1. The fourth-order valence-corrected chi connectivity index (χ4v) is 7.14. The number of hydrogen-bond acceptors (Lipinski definition) is 8. The Morgan fingerprint density at radius 1 is 0.979 bits per heavy atom. The van der Waals surface area contributed by atoms with Crippen molar-refractivity contribution in [2.75, 3.05) is 6.54 Å². The number of rotatable bonds is 13. The third-order valence-corrected chi connectivity index (χ3v) is 9.95. The number of carbonyl (C=O) groups is 5. The molecule has 1 aromatic rings. The summed E-state index contributed by atoms with van der Waals surface area (Å²) in [5.41, 5.74) is -1.20. The van der Waals surface area contributed by atoms with Crippen molar-refractivity contribution >= 4 is 29.4 Å². The number of nitrogens with zero attached hydrogens (tertiary/aromatic N) is 3. The fraction of sp³-hybridized carbons (Fsp3) is 0.743. The summed E-state index contributed by atoms with van der Waals surface area (Å²) in [5.74, 6) is -2.57. The number of aromatic nitrogens is 2. The molecule has 260 valence electrons. The molecule has 0 radical (unpaired) electrons. The van der Waals surface area contributed by atoms with Crippen LogP contribution in [0.4, 0.5) is 0 Å². The third-order valence-electron chi connectivity index (χ3n) is 9.95. The number of ketones is 1. The lowest BCUT2D eigenvalue weighted by atomic mass is 9.73. The first kappa shape index (κ1) is 36.4. The van der Waals surface area contributed by atoms with Crippen LogP contribution in [0.1, 0.15) is 110 Å². The Hall–Kier alpha value is -3.41. The number of amides is 4. The van der Waals surface area contributed by atoms with Crippen LogP contribution in [0.2, 0.25) is 0 Å². The standard InChI is InChI=1S/C35H54N6O6/c1-8-10-24(28(43)32(46)38-21-13-14-21)39-31(45)27-22-12-9-11-20(22)19-41(27)33(47)23(34(2,3)4)17-26(42)29(35(5,6)7)40-30(44)25-18-36-15-16-37-25/h15-16,18,20-24,27-29,43H,8-14,17,19H2,1-7H3,(H,38,46)(H,39,45)(H,40,44)/t20-,22-,23+,24-,27-,28?,29+/m0/s1. The third kappa shape index (κ3) is 8.94. The van der Waals surface area contributed by atoms with Gasteiger partial charge in [-0.05, 0) is 54.8 Å². The van der Waals surface area contributed by atoms with E-state index in [0.29, 0.717) is 19.4 Å². The lowest BCUT2D eigenvalue weighted by Gasteiger charge is -2.38. The van der Waals surface area contributed by atoms with Crippen molar-refractivity contribution in [3.8, 4) is 0 Å². The first-order valence-corrected chi connectivity index (χ1v) is 17.2. The number of aliphatic hydroxyl groups excluding tert-OH is 1. The van der Waals surface area contributed by atoms with Crippen molar-refractivity contribution in [1.29, 1.82) is 0 Å². The highest BCUT2D eigenvalue weighted by Crippen LogP contribution is 2.44. The van der Waals surface area contributed by atoms with Gasteiger partial charge in [0.15, 0.2) is 11.9 Å².